The molecule has 0 aliphatic heterocycles. The lowest BCUT2D eigenvalue weighted by Crippen LogP contribution is -2.70. The van der Waals surface area contributed by atoms with Crippen molar-refractivity contribution in [2.45, 2.75) is 48.4 Å². The fourth-order valence-corrected chi connectivity index (χ4v) is 1.65. The van der Waals surface area contributed by atoms with Crippen LogP contribution in [0.2, 0.25) is 0 Å². The first-order chi connectivity index (χ1) is 12.4. The highest BCUT2D eigenvalue weighted by Gasteiger charge is 2.89. The van der Waals surface area contributed by atoms with Crippen LogP contribution in [0.4, 0.5) is 52.7 Å². The van der Waals surface area contributed by atoms with Gasteiger partial charge >= 0.3 is 35.5 Å². The van der Waals surface area contributed by atoms with Gasteiger partial charge in [0.25, 0.3) is 0 Å². The molecule has 4 nitrogen and oxygen atoms in total. The number of carbonyl (C=O) groups excluding carboxylic acids is 2. The van der Waals surface area contributed by atoms with Crippen molar-refractivity contribution in [3.8, 4) is 0 Å². The van der Waals surface area contributed by atoms with Crippen LogP contribution in [0.15, 0.2) is 9.98 Å². The summed E-state index contributed by atoms with van der Waals surface area (Å²) in [6.07, 6.45) is -3.91. The molecule has 0 aliphatic rings. The largest absolute Gasteiger partial charge is 0.384 e. The van der Waals surface area contributed by atoms with E-state index < -0.39 is 61.5 Å². The molecule has 0 aliphatic carbocycles. The highest BCUT2D eigenvalue weighted by Crippen LogP contribution is 2.60. The second kappa shape index (κ2) is 8.11. The van der Waals surface area contributed by atoms with Gasteiger partial charge in [-0.05, 0) is 0 Å². The maximum Gasteiger partial charge on any atom is 0.384 e. The van der Waals surface area contributed by atoms with E-state index in [1.165, 1.54) is 0 Å². The summed E-state index contributed by atoms with van der Waals surface area (Å²) in [4.78, 5) is 23.8. The zero-order valence-corrected chi connectivity index (χ0v) is 13.1. The third-order valence-corrected chi connectivity index (χ3v) is 3.31. The number of rotatable bonds is 11. The average Bonchev–Trinajstić information content (AvgIpc) is 2.54. The lowest BCUT2D eigenvalue weighted by atomic mass is 9.89. The first-order valence-corrected chi connectivity index (χ1v) is 6.71. The van der Waals surface area contributed by atoms with Crippen LogP contribution in [-0.4, -0.2) is 60.8 Å². The van der Waals surface area contributed by atoms with Crippen LogP contribution in [0.25, 0.3) is 0 Å². The molecule has 0 amide bonds. The Morgan fingerprint density at radius 2 is 0.750 bits per heavy atom. The molecular weight excluding hydrogens is 432 g/mol. The predicted molar refractivity (Wildman–Crippen MR) is 64.9 cm³/mol. The maximum atomic E-state index is 13.4. The van der Waals surface area contributed by atoms with Gasteiger partial charge < -0.3 is 0 Å². The molecule has 162 valence electrons. The summed E-state index contributed by atoms with van der Waals surface area (Å²) in [5, 5.41) is 0. The van der Waals surface area contributed by atoms with Crippen molar-refractivity contribution in [1.29, 1.82) is 0 Å². The summed E-state index contributed by atoms with van der Waals surface area (Å²) >= 11 is 0. The Kier molecular flexibility index (Phi) is 7.51. The van der Waals surface area contributed by atoms with Gasteiger partial charge in [0.15, 0.2) is 0 Å². The van der Waals surface area contributed by atoms with E-state index in [1.54, 1.807) is 0 Å². The molecule has 0 aromatic rings. The monoisotopic (exact) mass is 440 g/mol. The lowest BCUT2D eigenvalue weighted by Gasteiger charge is -2.41. The van der Waals surface area contributed by atoms with Crippen molar-refractivity contribution in [1.82, 2.24) is 0 Å². The summed E-state index contributed by atoms with van der Waals surface area (Å²) < 4.78 is 160. The van der Waals surface area contributed by atoms with E-state index in [-0.39, 0.29) is 0 Å². The van der Waals surface area contributed by atoms with Crippen molar-refractivity contribution in [3.05, 3.63) is 0 Å². The molecule has 28 heavy (non-hydrogen) atoms. The smallest absolute Gasteiger partial charge is 0.211 e. The Bertz CT molecular complexity index is 595. The molecule has 0 aromatic carbocycles. The summed E-state index contributed by atoms with van der Waals surface area (Å²) in [5.74, 6) is -42.2. The minimum absolute atomic E-state index is 0.535. The standard InChI is InChI=1S/C12H8F12N2O2/c13-7(14,1-3-25-5-27)9(17,18)11(21,22)12(23,24)10(19,20)8(15,16)2-4-26-6-28/h1-4H2. The normalized spacial score (nSPS) is 14.3. The van der Waals surface area contributed by atoms with Gasteiger partial charge in [0, 0.05) is 12.8 Å². The number of alkyl halides is 12. The third kappa shape index (κ3) is 4.17. The Hall–Kier alpha value is -2.08. The highest BCUT2D eigenvalue weighted by atomic mass is 19.4. The molecule has 0 radical (unpaired) electrons. The lowest BCUT2D eigenvalue weighted by molar-refractivity contribution is -0.425. The summed E-state index contributed by atoms with van der Waals surface area (Å²) in [6.45, 7) is -3.27. The van der Waals surface area contributed by atoms with Gasteiger partial charge in [0.05, 0.1) is 13.1 Å². The van der Waals surface area contributed by atoms with Gasteiger partial charge in [0.1, 0.15) is 0 Å². The van der Waals surface area contributed by atoms with Crippen LogP contribution in [0.5, 0.6) is 0 Å². The third-order valence-electron chi connectivity index (χ3n) is 3.31. The van der Waals surface area contributed by atoms with Gasteiger partial charge in [-0.1, -0.05) is 0 Å². The molecule has 0 bridgehead atoms. The first kappa shape index (κ1) is 25.9. The van der Waals surface area contributed by atoms with E-state index in [9.17, 15) is 62.3 Å². The molecule has 0 N–H and O–H groups in total. The molecule has 0 atom stereocenters. The number of hydrogen-bond donors (Lipinski definition) is 0. The maximum absolute atomic E-state index is 13.4. The van der Waals surface area contributed by atoms with E-state index in [4.69, 9.17) is 0 Å². The van der Waals surface area contributed by atoms with E-state index in [2.05, 4.69) is 9.98 Å². The minimum Gasteiger partial charge on any atom is -0.211 e. The predicted octanol–water partition coefficient (Wildman–Crippen LogP) is 4.25. The zero-order chi connectivity index (χ0) is 22.7. The van der Waals surface area contributed by atoms with Crippen LogP contribution in [0.1, 0.15) is 12.8 Å². The first-order valence-electron chi connectivity index (χ1n) is 6.71. The molecule has 0 unspecified atom stereocenters. The Morgan fingerprint density at radius 1 is 0.500 bits per heavy atom. The molecule has 0 fully saturated rings. The van der Waals surface area contributed by atoms with Crippen LogP contribution < -0.4 is 0 Å². The van der Waals surface area contributed by atoms with Crippen molar-refractivity contribution in [2.75, 3.05) is 13.1 Å². The number of nitrogens with zero attached hydrogens (tertiary/aromatic N) is 2. The van der Waals surface area contributed by atoms with Gasteiger partial charge in [-0.2, -0.15) is 52.7 Å². The van der Waals surface area contributed by atoms with Gasteiger partial charge in [0.2, 0.25) is 12.2 Å². The summed E-state index contributed by atoms with van der Waals surface area (Å²) in [7, 11) is 0. The fourth-order valence-electron chi connectivity index (χ4n) is 1.65. The van der Waals surface area contributed by atoms with E-state index in [0.29, 0.717) is 12.2 Å². The van der Waals surface area contributed by atoms with Crippen molar-refractivity contribution in [2.24, 2.45) is 9.98 Å². The minimum atomic E-state index is -7.69. The quantitative estimate of drug-likeness (QED) is 0.274. The van der Waals surface area contributed by atoms with E-state index >= 15 is 0 Å². The highest BCUT2D eigenvalue weighted by molar-refractivity contribution is 5.33. The van der Waals surface area contributed by atoms with E-state index in [1.807, 2.05) is 0 Å². The molecular formula is C12H8F12N2O2. The fraction of sp³-hybridized carbons (Fsp3) is 0.833. The average molecular weight is 440 g/mol. The van der Waals surface area contributed by atoms with Gasteiger partial charge in [-0.15, -0.1) is 0 Å². The van der Waals surface area contributed by atoms with Crippen molar-refractivity contribution in [3.63, 3.8) is 0 Å². The Morgan fingerprint density at radius 3 is 0.964 bits per heavy atom. The zero-order valence-electron chi connectivity index (χ0n) is 13.1. The Balaban J connectivity index is 6.12. The molecule has 0 saturated heterocycles. The molecule has 0 saturated carbocycles. The SMILES string of the molecule is O=C=NCCC(F)(F)C(F)(F)C(F)(F)C(F)(F)C(F)(F)C(F)(F)CCN=C=O. The van der Waals surface area contributed by atoms with Crippen LogP contribution in [0.3, 0.4) is 0 Å². The number of halogens is 12. The molecule has 0 rings (SSSR count). The summed E-state index contributed by atoms with van der Waals surface area (Å²) in [5.41, 5.74) is 0. The van der Waals surface area contributed by atoms with Crippen LogP contribution >= 0.6 is 0 Å². The number of aliphatic imine (C=N–C) groups is 2. The second-order valence-electron chi connectivity index (χ2n) is 5.15. The van der Waals surface area contributed by atoms with Crippen molar-refractivity contribution >= 4 is 12.2 Å². The second-order valence-corrected chi connectivity index (χ2v) is 5.15. The van der Waals surface area contributed by atoms with Gasteiger partial charge in [-0.25, -0.2) is 19.6 Å². The molecule has 16 heteroatoms. The van der Waals surface area contributed by atoms with Crippen LogP contribution in [-0.2, 0) is 9.59 Å². The summed E-state index contributed by atoms with van der Waals surface area (Å²) in [6, 6.07) is 0. The Labute approximate surface area is 147 Å². The van der Waals surface area contributed by atoms with Gasteiger partial charge in [-0.3, -0.25) is 0 Å². The van der Waals surface area contributed by atoms with Crippen molar-refractivity contribution < 1.29 is 62.3 Å². The topological polar surface area (TPSA) is 58.9 Å². The number of isocyanates is 2. The van der Waals surface area contributed by atoms with E-state index in [0.717, 1.165) is 0 Å². The number of hydrogen-bond acceptors (Lipinski definition) is 4. The molecule has 0 aromatic heterocycles. The van der Waals surface area contributed by atoms with Crippen LogP contribution in [0, 0.1) is 0 Å². The molecule has 0 spiro atoms. The molecule has 0 heterocycles.